The van der Waals surface area contributed by atoms with Crippen LogP contribution in [-0.4, -0.2) is 25.7 Å². The van der Waals surface area contributed by atoms with Gasteiger partial charge in [-0.3, -0.25) is 4.79 Å². The lowest BCUT2D eigenvalue weighted by Gasteiger charge is -2.22. The van der Waals surface area contributed by atoms with Crippen LogP contribution in [0.2, 0.25) is 0 Å². The first-order valence-electron chi connectivity index (χ1n) is 9.68. The molecule has 5 nitrogen and oxygen atoms in total. The molecule has 2 rings (SSSR count). The number of benzene rings is 2. The molecule has 0 spiro atoms. The summed E-state index contributed by atoms with van der Waals surface area (Å²) in [4.78, 5) is 14.3. The topological polar surface area (TPSA) is 62.6 Å². The maximum absolute atomic E-state index is 12.7. The first-order chi connectivity index (χ1) is 13.5. The van der Waals surface area contributed by atoms with Gasteiger partial charge in [-0.25, -0.2) is 0 Å². The van der Waals surface area contributed by atoms with Crippen molar-refractivity contribution in [2.75, 3.05) is 24.7 Å². The summed E-state index contributed by atoms with van der Waals surface area (Å²) < 4.78 is 11.2. The van der Waals surface area contributed by atoms with E-state index in [1.165, 1.54) is 5.56 Å². The molecule has 0 aromatic heterocycles. The van der Waals surface area contributed by atoms with Crippen molar-refractivity contribution in [3.63, 3.8) is 0 Å². The Morgan fingerprint density at radius 2 is 1.64 bits per heavy atom. The zero-order valence-corrected chi connectivity index (χ0v) is 16.9. The number of carbonyl (C=O) groups excluding carboxylic acids is 1. The molecule has 0 saturated heterocycles. The predicted molar refractivity (Wildman–Crippen MR) is 111 cm³/mol. The quantitative estimate of drug-likeness (QED) is 0.587. The number of carbonyl (C=O) groups is 1. The monoisotopic (exact) mass is 380 g/mol. The summed E-state index contributed by atoms with van der Waals surface area (Å²) in [5, 5.41) is 8.91. The van der Waals surface area contributed by atoms with E-state index in [0.29, 0.717) is 25.7 Å². The average molecular weight is 380 g/mol. The largest absolute Gasteiger partial charge is 0.494 e. The van der Waals surface area contributed by atoms with Crippen molar-refractivity contribution in [2.24, 2.45) is 0 Å². The van der Waals surface area contributed by atoms with Gasteiger partial charge in [0.25, 0.3) is 0 Å². The molecule has 0 N–H and O–H groups in total. The predicted octanol–water partition coefficient (Wildman–Crippen LogP) is 4.92. The number of ether oxygens (including phenoxy) is 2. The molecule has 0 aliphatic rings. The third-order valence-corrected chi connectivity index (χ3v) is 4.34. The lowest BCUT2D eigenvalue weighted by atomic mass is 10.0. The Hall–Kier alpha value is -3.00. The molecule has 0 fully saturated rings. The van der Waals surface area contributed by atoms with Gasteiger partial charge in [-0.1, -0.05) is 26.0 Å². The van der Waals surface area contributed by atoms with Gasteiger partial charge in [0.15, 0.2) is 0 Å². The summed E-state index contributed by atoms with van der Waals surface area (Å²) >= 11 is 0. The fourth-order valence-corrected chi connectivity index (χ4v) is 2.79. The van der Waals surface area contributed by atoms with E-state index >= 15 is 0 Å². The van der Waals surface area contributed by atoms with Crippen LogP contribution < -0.4 is 14.4 Å². The van der Waals surface area contributed by atoms with Crippen molar-refractivity contribution in [3.05, 3.63) is 54.1 Å². The van der Waals surface area contributed by atoms with Gasteiger partial charge in [-0.15, -0.1) is 0 Å². The van der Waals surface area contributed by atoms with Gasteiger partial charge >= 0.3 is 0 Å². The fourth-order valence-electron chi connectivity index (χ4n) is 2.79. The van der Waals surface area contributed by atoms with Gasteiger partial charge in [0.2, 0.25) is 5.91 Å². The summed E-state index contributed by atoms with van der Waals surface area (Å²) in [7, 11) is 0. The Bertz CT molecular complexity index is 777. The van der Waals surface area contributed by atoms with Crippen LogP contribution in [0.25, 0.3) is 0 Å². The number of hydrogen-bond donors (Lipinski definition) is 0. The summed E-state index contributed by atoms with van der Waals surface area (Å²) in [5.41, 5.74) is 2.01. The van der Waals surface area contributed by atoms with E-state index in [4.69, 9.17) is 14.7 Å². The third kappa shape index (κ3) is 6.31. The maximum Gasteiger partial charge on any atom is 0.230 e. The molecule has 148 valence electrons. The zero-order chi connectivity index (χ0) is 20.4. The van der Waals surface area contributed by atoms with Crippen molar-refractivity contribution in [1.82, 2.24) is 0 Å². The molecule has 2 aromatic rings. The minimum absolute atomic E-state index is 0.0711. The van der Waals surface area contributed by atoms with E-state index < -0.39 is 0 Å². The second-order valence-corrected chi connectivity index (χ2v) is 6.70. The van der Waals surface area contributed by atoms with E-state index in [9.17, 15) is 4.79 Å². The van der Waals surface area contributed by atoms with Crippen LogP contribution in [0, 0.1) is 11.3 Å². The Morgan fingerprint density at radius 3 is 2.21 bits per heavy atom. The highest BCUT2D eigenvalue weighted by Gasteiger charge is 2.16. The molecule has 0 radical (unpaired) electrons. The molecule has 1 amide bonds. The van der Waals surface area contributed by atoms with Crippen molar-refractivity contribution >= 4 is 11.6 Å². The minimum Gasteiger partial charge on any atom is -0.494 e. The molecule has 2 aromatic carbocycles. The number of rotatable bonds is 10. The summed E-state index contributed by atoms with van der Waals surface area (Å²) in [6.07, 6.45) is 0.515. The molecule has 0 saturated carbocycles. The average Bonchev–Trinajstić information content (AvgIpc) is 2.70. The smallest absolute Gasteiger partial charge is 0.230 e. The molecule has 5 heteroatoms. The van der Waals surface area contributed by atoms with Crippen molar-refractivity contribution < 1.29 is 14.3 Å². The van der Waals surface area contributed by atoms with Crippen LogP contribution in [0.3, 0.4) is 0 Å². The molecule has 0 aliphatic carbocycles. The number of hydrogen-bond acceptors (Lipinski definition) is 4. The first kappa shape index (κ1) is 21.3. The second-order valence-electron chi connectivity index (χ2n) is 6.70. The molecule has 0 heterocycles. The van der Waals surface area contributed by atoms with Crippen molar-refractivity contribution in [3.8, 4) is 17.6 Å². The second kappa shape index (κ2) is 11.0. The van der Waals surface area contributed by atoms with E-state index in [-0.39, 0.29) is 18.7 Å². The third-order valence-electron chi connectivity index (χ3n) is 4.34. The van der Waals surface area contributed by atoms with E-state index in [1.54, 1.807) is 4.90 Å². The van der Waals surface area contributed by atoms with E-state index in [2.05, 4.69) is 19.9 Å². The van der Waals surface area contributed by atoms with Gasteiger partial charge in [0.05, 0.1) is 32.1 Å². The molecular weight excluding hydrogens is 352 g/mol. The van der Waals surface area contributed by atoms with E-state index in [0.717, 1.165) is 17.2 Å². The van der Waals surface area contributed by atoms with Crippen molar-refractivity contribution in [2.45, 2.75) is 39.5 Å². The van der Waals surface area contributed by atoms with Gasteiger partial charge in [-0.2, -0.15) is 5.26 Å². The van der Waals surface area contributed by atoms with E-state index in [1.807, 2.05) is 55.5 Å². The molecule has 0 bridgehead atoms. The number of amides is 1. The minimum atomic E-state index is -0.0711. The highest BCUT2D eigenvalue weighted by Crippen LogP contribution is 2.21. The van der Waals surface area contributed by atoms with Gasteiger partial charge in [0.1, 0.15) is 11.5 Å². The Balaban J connectivity index is 1.95. The molecule has 28 heavy (non-hydrogen) atoms. The lowest BCUT2D eigenvalue weighted by Crippen LogP contribution is -2.32. The SMILES string of the molecule is CCOc1ccc(N(CCC#N)C(=O)CCOc2ccc(C(C)C)cc2)cc1. The number of nitriles is 1. The van der Waals surface area contributed by atoms with Crippen molar-refractivity contribution in [1.29, 1.82) is 5.26 Å². The highest BCUT2D eigenvalue weighted by molar-refractivity contribution is 5.93. The Kier molecular flexibility index (Phi) is 8.36. The summed E-state index contributed by atoms with van der Waals surface area (Å²) in [5.74, 6) is 1.91. The summed E-state index contributed by atoms with van der Waals surface area (Å²) in [6, 6.07) is 17.4. The number of nitrogens with zero attached hydrogens (tertiary/aromatic N) is 2. The number of anilines is 1. The van der Waals surface area contributed by atoms with Crippen LogP contribution in [0.4, 0.5) is 5.69 Å². The van der Waals surface area contributed by atoms with Crippen LogP contribution in [-0.2, 0) is 4.79 Å². The first-order valence-corrected chi connectivity index (χ1v) is 9.68. The van der Waals surface area contributed by atoms with Gasteiger partial charge in [0, 0.05) is 12.2 Å². The van der Waals surface area contributed by atoms with Crippen LogP contribution >= 0.6 is 0 Å². The normalized spacial score (nSPS) is 10.4. The molecule has 0 unspecified atom stereocenters. The van der Waals surface area contributed by atoms with Crippen LogP contribution in [0.1, 0.15) is 45.1 Å². The Morgan fingerprint density at radius 1 is 1.04 bits per heavy atom. The maximum atomic E-state index is 12.7. The highest BCUT2D eigenvalue weighted by atomic mass is 16.5. The molecule has 0 aliphatic heterocycles. The van der Waals surface area contributed by atoms with Gasteiger partial charge in [-0.05, 0) is 54.8 Å². The van der Waals surface area contributed by atoms with Gasteiger partial charge < -0.3 is 14.4 Å². The zero-order valence-electron chi connectivity index (χ0n) is 16.9. The summed E-state index contributed by atoms with van der Waals surface area (Å²) in [6.45, 7) is 7.45. The standard InChI is InChI=1S/C23H28N2O3/c1-4-27-21-12-8-20(9-13-21)25(16-5-15-24)23(26)14-17-28-22-10-6-19(7-11-22)18(2)3/h6-13,18H,4-5,14,16-17H2,1-3H3. The van der Waals surface area contributed by atoms with Crippen LogP contribution in [0.5, 0.6) is 11.5 Å². The lowest BCUT2D eigenvalue weighted by molar-refractivity contribution is -0.119. The molecule has 0 atom stereocenters. The Labute approximate surface area is 167 Å². The fraction of sp³-hybridized carbons (Fsp3) is 0.391. The van der Waals surface area contributed by atoms with Crippen LogP contribution in [0.15, 0.2) is 48.5 Å². The molecular formula is C23H28N2O3.